The molecule has 1 saturated heterocycles. The van der Waals surface area contributed by atoms with Gasteiger partial charge >= 0.3 is 6.18 Å². The van der Waals surface area contributed by atoms with Gasteiger partial charge in [0.05, 0.1) is 11.6 Å². The minimum Gasteiger partial charge on any atom is -0.335 e. The zero-order valence-corrected chi connectivity index (χ0v) is 19.3. The van der Waals surface area contributed by atoms with Gasteiger partial charge < -0.3 is 9.80 Å². The molecule has 4 rings (SSSR count). The lowest BCUT2D eigenvalue weighted by molar-refractivity contribution is -0.137. The van der Waals surface area contributed by atoms with Gasteiger partial charge in [0, 0.05) is 19.5 Å². The fourth-order valence-corrected chi connectivity index (χ4v) is 5.38. The average Bonchev–Trinajstić information content (AvgIpc) is 2.82. The highest BCUT2D eigenvalue weighted by molar-refractivity contribution is 5.77. The normalized spacial score (nSPS) is 20.0. The van der Waals surface area contributed by atoms with Crippen LogP contribution in [0.5, 0.6) is 0 Å². The maximum absolute atomic E-state index is 13.1. The second-order valence-corrected chi connectivity index (χ2v) is 9.33. The Labute approximate surface area is 194 Å². The first-order valence-corrected chi connectivity index (χ1v) is 12.1. The number of benzene rings is 2. The summed E-state index contributed by atoms with van der Waals surface area (Å²) in [5, 5.41) is 0. The molecule has 2 aromatic rings. The van der Waals surface area contributed by atoms with E-state index < -0.39 is 11.7 Å². The third kappa shape index (κ3) is 5.60. The van der Waals surface area contributed by atoms with Crippen molar-refractivity contribution in [2.45, 2.75) is 63.6 Å². The third-order valence-electron chi connectivity index (χ3n) is 7.19. The summed E-state index contributed by atoms with van der Waals surface area (Å²) < 4.78 is 39.2. The van der Waals surface area contributed by atoms with Gasteiger partial charge in [0.1, 0.15) is 0 Å². The van der Waals surface area contributed by atoms with Crippen LogP contribution in [0.1, 0.15) is 73.2 Å². The quantitative estimate of drug-likeness (QED) is 0.515. The summed E-state index contributed by atoms with van der Waals surface area (Å²) >= 11 is 0. The number of hydrogen-bond donors (Lipinski definition) is 0. The largest absolute Gasteiger partial charge is 0.416 e. The molecule has 33 heavy (non-hydrogen) atoms. The summed E-state index contributed by atoms with van der Waals surface area (Å²) in [6, 6.07) is 14.4. The average molecular weight is 459 g/mol. The topological polar surface area (TPSA) is 23.6 Å². The lowest BCUT2D eigenvalue weighted by atomic mass is 9.87. The number of nitrogens with zero attached hydrogens (tertiary/aromatic N) is 2. The van der Waals surface area contributed by atoms with Gasteiger partial charge in [-0.05, 0) is 73.9 Å². The maximum atomic E-state index is 13.1. The Bertz CT molecular complexity index is 950. The molecule has 2 aromatic carbocycles. The zero-order valence-electron chi connectivity index (χ0n) is 19.3. The monoisotopic (exact) mass is 458 g/mol. The van der Waals surface area contributed by atoms with Crippen molar-refractivity contribution in [1.82, 2.24) is 9.80 Å². The van der Waals surface area contributed by atoms with E-state index in [0.717, 1.165) is 69.9 Å². The number of halogens is 3. The molecule has 2 aliphatic rings. The van der Waals surface area contributed by atoms with Gasteiger partial charge in [-0.2, -0.15) is 13.2 Å². The molecule has 1 amide bonds. The molecule has 2 aliphatic heterocycles. The molecule has 0 aromatic heterocycles. The Hall–Kier alpha value is -2.34. The number of rotatable bonds is 6. The lowest BCUT2D eigenvalue weighted by Gasteiger charge is -2.39. The Morgan fingerprint density at radius 3 is 2.52 bits per heavy atom. The van der Waals surface area contributed by atoms with Crippen molar-refractivity contribution >= 4 is 5.91 Å². The van der Waals surface area contributed by atoms with Gasteiger partial charge in [0.25, 0.3) is 0 Å². The van der Waals surface area contributed by atoms with Crippen LogP contribution in [0.4, 0.5) is 13.2 Å². The van der Waals surface area contributed by atoms with E-state index in [1.54, 1.807) is 0 Å². The predicted octanol–water partition coefficient (Wildman–Crippen LogP) is 6.20. The van der Waals surface area contributed by atoms with Crippen molar-refractivity contribution in [3.63, 3.8) is 0 Å². The highest BCUT2D eigenvalue weighted by Gasteiger charge is 2.33. The Balaban J connectivity index is 1.38. The van der Waals surface area contributed by atoms with Crippen molar-refractivity contribution in [1.29, 1.82) is 0 Å². The number of fused-ring (bicyclic) bond motifs is 1. The van der Waals surface area contributed by atoms with E-state index in [4.69, 9.17) is 0 Å². The van der Waals surface area contributed by atoms with Crippen LogP contribution < -0.4 is 0 Å². The lowest BCUT2D eigenvalue weighted by Crippen LogP contribution is -2.42. The fourth-order valence-electron chi connectivity index (χ4n) is 5.38. The minimum atomic E-state index is -4.30. The molecule has 178 valence electrons. The zero-order chi connectivity index (χ0) is 23.4. The summed E-state index contributed by atoms with van der Waals surface area (Å²) in [6.07, 6.45) is 0.662. The van der Waals surface area contributed by atoms with Crippen LogP contribution in [-0.2, 0) is 17.4 Å². The molecule has 0 spiro atoms. The molecular weight excluding hydrogens is 425 g/mol. The number of hydrogen-bond acceptors (Lipinski definition) is 2. The molecule has 2 heterocycles. The van der Waals surface area contributed by atoms with Crippen molar-refractivity contribution < 1.29 is 18.0 Å². The Morgan fingerprint density at radius 2 is 1.79 bits per heavy atom. The Morgan fingerprint density at radius 1 is 1.03 bits per heavy atom. The van der Waals surface area contributed by atoms with Crippen LogP contribution in [0.2, 0.25) is 0 Å². The van der Waals surface area contributed by atoms with Gasteiger partial charge in [-0.1, -0.05) is 49.4 Å². The predicted molar refractivity (Wildman–Crippen MR) is 124 cm³/mol. The van der Waals surface area contributed by atoms with Crippen molar-refractivity contribution in [3.8, 4) is 0 Å². The first kappa shape index (κ1) is 23.8. The molecule has 0 bridgehead atoms. The van der Waals surface area contributed by atoms with E-state index >= 15 is 0 Å². The molecule has 0 aliphatic carbocycles. The van der Waals surface area contributed by atoms with E-state index in [9.17, 15) is 18.0 Å². The molecule has 0 radical (unpaired) electrons. The van der Waals surface area contributed by atoms with Gasteiger partial charge in [0.15, 0.2) is 0 Å². The van der Waals surface area contributed by atoms with Crippen molar-refractivity contribution in [2.24, 2.45) is 0 Å². The molecule has 0 saturated carbocycles. The van der Waals surface area contributed by atoms with Crippen molar-refractivity contribution in [3.05, 3.63) is 70.8 Å². The highest BCUT2D eigenvalue weighted by Crippen LogP contribution is 2.36. The van der Waals surface area contributed by atoms with Gasteiger partial charge in [-0.15, -0.1) is 0 Å². The molecule has 0 N–H and O–H groups in total. The first-order chi connectivity index (χ1) is 15.9. The molecule has 3 nitrogen and oxygen atoms in total. The SMILES string of the molecule is CCCC(=O)N1CCc2ccccc2C1CCN1CCC(c2cccc(C(F)(F)F)c2)CC1. The number of alkyl halides is 3. The number of carbonyl (C=O) groups is 1. The highest BCUT2D eigenvalue weighted by atomic mass is 19.4. The Kier molecular flexibility index (Phi) is 7.42. The van der Waals surface area contributed by atoms with E-state index in [1.807, 2.05) is 13.0 Å². The molecule has 6 heteroatoms. The van der Waals surface area contributed by atoms with E-state index in [0.29, 0.717) is 6.42 Å². The maximum Gasteiger partial charge on any atom is 0.416 e. The minimum absolute atomic E-state index is 0.107. The second-order valence-electron chi connectivity index (χ2n) is 9.33. The molecule has 1 unspecified atom stereocenters. The van der Waals surface area contributed by atoms with E-state index in [1.165, 1.54) is 23.3 Å². The van der Waals surface area contributed by atoms with Crippen LogP contribution in [-0.4, -0.2) is 41.9 Å². The number of carbonyl (C=O) groups excluding carboxylic acids is 1. The summed E-state index contributed by atoms with van der Waals surface area (Å²) in [7, 11) is 0. The summed E-state index contributed by atoms with van der Waals surface area (Å²) in [4.78, 5) is 17.3. The van der Waals surface area contributed by atoms with E-state index in [2.05, 4.69) is 34.1 Å². The standard InChI is InChI=1S/C27H33F3N2O/c1-2-6-26(33)32-18-13-21-7-3-4-10-24(21)25(32)14-17-31-15-11-20(12-16-31)22-8-5-9-23(19-22)27(28,29)30/h3-5,7-10,19-20,25H,2,6,11-18H2,1H3. The fraction of sp³-hybridized carbons (Fsp3) is 0.519. The molecule has 1 fully saturated rings. The summed E-state index contributed by atoms with van der Waals surface area (Å²) in [5.74, 6) is 0.404. The second kappa shape index (κ2) is 10.3. The van der Waals surface area contributed by atoms with Gasteiger partial charge in [0.2, 0.25) is 5.91 Å². The van der Waals surface area contributed by atoms with Crippen LogP contribution in [0.15, 0.2) is 48.5 Å². The molecule has 1 atom stereocenters. The van der Waals surface area contributed by atoms with Crippen LogP contribution in [0.3, 0.4) is 0 Å². The van der Waals surface area contributed by atoms with Crippen LogP contribution in [0.25, 0.3) is 0 Å². The first-order valence-electron chi connectivity index (χ1n) is 12.1. The summed E-state index contributed by atoms with van der Waals surface area (Å²) in [6.45, 7) is 5.46. The van der Waals surface area contributed by atoms with Gasteiger partial charge in [-0.25, -0.2) is 0 Å². The molecular formula is C27H33F3N2O. The van der Waals surface area contributed by atoms with Gasteiger partial charge in [-0.3, -0.25) is 4.79 Å². The van der Waals surface area contributed by atoms with Crippen LogP contribution >= 0.6 is 0 Å². The van der Waals surface area contributed by atoms with E-state index in [-0.39, 0.29) is 17.9 Å². The third-order valence-corrected chi connectivity index (χ3v) is 7.19. The number of likely N-dealkylation sites (tertiary alicyclic amines) is 1. The number of amides is 1. The smallest absolute Gasteiger partial charge is 0.335 e. The van der Waals surface area contributed by atoms with Crippen molar-refractivity contribution in [2.75, 3.05) is 26.2 Å². The number of piperidine rings is 1. The van der Waals surface area contributed by atoms with Crippen LogP contribution in [0, 0.1) is 0 Å². The summed E-state index contributed by atoms with van der Waals surface area (Å²) in [5.41, 5.74) is 2.84.